The molecule has 1 heterocycles. The largest absolute Gasteiger partial charge is 0.366 e. The van der Waals surface area contributed by atoms with Crippen molar-refractivity contribution in [1.29, 1.82) is 0 Å². The molecule has 2 aromatic carbocycles. The molecule has 0 aliphatic carbocycles. The minimum absolute atomic E-state index is 0.220. The quantitative estimate of drug-likeness (QED) is 0.604. The van der Waals surface area contributed by atoms with E-state index in [1.54, 1.807) is 23.2 Å². The van der Waals surface area contributed by atoms with Crippen LogP contribution in [0.4, 0.5) is 5.69 Å². The Labute approximate surface area is 169 Å². The van der Waals surface area contributed by atoms with Crippen LogP contribution in [0.5, 0.6) is 0 Å². The van der Waals surface area contributed by atoms with Crippen LogP contribution in [0.2, 0.25) is 0 Å². The van der Waals surface area contributed by atoms with E-state index in [-0.39, 0.29) is 18.1 Å². The summed E-state index contributed by atoms with van der Waals surface area (Å²) in [5, 5.41) is 3.09. The number of nitrogens with zero attached hydrogens (tertiary/aromatic N) is 2. The zero-order chi connectivity index (χ0) is 21.0. The van der Waals surface area contributed by atoms with Gasteiger partial charge in [0, 0.05) is 7.05 Å². The molecule has 0 aliphatic rings. The minimum atomic E-state index is -1.06. The molecule has 0 fully saturated rings. The van der Waals surface area contributed by atoms with Gasteiger partial charge in [-0.25, -0.2) is 10.2 Å². The molecule has 7 nitrogen and oxygen atoms in total. The summed E-state index contributed by atoms with van der Waals surface area (Å²) in [5.41, 5.74) is 3.99. The van der Waals surface area contributed by atoms with E-state index in [9.17, 15) is 9.59 Å². The molecule has 2 N–H and O–H groups in total. The van der Waals surface area contributed by atoms with Gasteiger partial charge in [0.15, 0.2) is 0 Å². The van der Waals surface area contributed by atoms with E-state index in [4.69, 9.17) is 4.84 Å². The normalized spacial score (nSPS) is 11.3. The van der Waals surface area contributed by atoms with Crippen molar-refractivity contribution in [2.75, 3.05) is 5.32 Å². The van der Waals surface area contributed by atoms with Crippen LogP contribution in [0.3, 0.4) is 0 Å². The van der Waals surface area contributed by atoms with E-state index in [0.29, 0.717) is 5.69 Å². The number of para-hydroxylation sites is 1. The van der Waals surface area contributed by atoms with E-state index in [1.165, 1.54) is 0 Å². The summed E-state index contributed by atoms with van der Waals surface area (Å²) in [5.74, 6) is -0.373. The number of benzene rings is 2. The number of carbonyl (C=O) groups excluding carboxylic acids is 1. The molecule has 1 aromatic heterocycles. The zero-order valence-electron chi connectivity index (χ0n) is 17.1. The maximum Gasteiger partial charge on any atom is 0.295 e. The lowest BCUT2D eigenvalue weighted by Gasteiger charge is -2.25. The minimum Gasteiger partial charge on any atom is -0.366 e. The molecule has 3 rings (SSSR count). The molecule has 1 amide bonds. The Morgan fingerprint density at radius 1 is 1.03 bits per heavy atom. The fourth-order valence-corrected chi connectivity index (χ4v) is 2.97. The van der Waals surface area contributed by atoms with Crippen LogP contribution in [0.15, 0.2) is 65.5 Å². The molecule has 0 spiro atoms. The summed E-state index contributed by atoms with van der Waals surface area (Å²) in [4.78, 5) is 31.0. The summed E-state index contributed by atoms with van der Waals surface area (Å²) < 4.78 is 3.33. The van der Waals surface area contributed by atoms with Crippen molar-refractivity contribution in [2.45, 2.75) is 32.9 Å². The number of hydrogen-bond donors (Lipinski definition) is 2. The van der Waals surface area contributed by atoms with Gasteiger partial charge in [0.05, 0.1) is 18.0 Å². The van der Waals surface area contributed by atoms with Crippen molar-refractivity contribution < 1.29 is 9.63 Å². The molecule has 0 radical (unpaired) electrons. The highest BCUT2D eigenvalue weighted by Gasteiger charge is 2.31. The van der Waals surface area contributed by atoms with Gasteiger partial charge in [-0.1, -0.05) is 48.5 Å². The van der Waals surface area contributed by atoms with Crippen molar-refractivity contribution in [2.24, 2.45) is 7.05 Å². The second-order valence-electron chi connectivity index (χ2n) is 7.39. The van der Waals surface area contributed by atoms with Gasteiger partial charge in [-0.3, -0.25) is 19.1 Å². The highest BCUT2D eigenvalue weighted by Crippen LogP contribution is 2.18. The third kappa shape index (κ3) is 4.41. The van der Waals surface area contributed by atoms with Crippen LogP contribution >= 0.6 is 0 Å². The van der Waals surface area contributed by atoms with Crippen molar-refractivity contribution in [1.82, 2.24) is 14.8 Å². The topological polar surface area (TPSA) is 77.3 Å². The number of aromatic nitrogens is 2. The lowest BCUT2D eigenvalue weighted by atomic mass is 10.0. The summed E-state index contributed by atoms with van der Waals surface area (Å²) in [6, 6.07) is 18.9. The second-order valence-corrected chi connectivity index (χ2v) is 7.39. The molecule has 29 heavy (non-hydrogen) atoms. The van der Waals surface area contributed by atoms with E-state index >= 15 is 0 Å². The predicted molar refractivity (Wildman–Crippen MR) is 113 cm³/mol. The van der Waals surface area contributed by atoms with Crippen molar-refractivity contribution >= 4 is 11.6 Å². The summed E-state index contributed by atoms with van der Waals surface area (Å²) in [6.45, 7) is 5.50. The highest BCUT2D eigenvalue weighted by molar-refractivity contribution is 5.87. The van der Waals surface area contributed by atoms with E-state index in [0.717, 1.165) is 16.9 Å². The average Bonchev–Trinajstić information content (AvgIpc) is 2.92. The lowest BCUT2D eigenvalue weighted by Crippen LogP contribution is -2.48. The van der Waals surface area contributed by atoms with E-state index < -0.39 is 5.54 Å². The van der Waals surface area contributed by atoms with Gasteiger partial charge in [0.1, 0.15) is 11.2 Å². The van der Waals surface area contributed by atoms with Gasteiger partial charge in [0.2, 0.25) is 0 Å². The van der Waals surface area contributed by atoms with E-state index in [2.05, 4.69) is 10.8 Å². The van der Waals surface area contributed by atoms with Gasteiger partial charge < -0.3 is 5.32 Å². The van der Waals surface area contributed by atoms with Gasteiger partial charge in [0.25, 0.3) is 11.5 Å². The highest BCUT2D eigenvalue weighted by atomic mass is 16.6. The fraction of sp³-hybridized carbons (Fsp3) is 0.273. The van der Waals surface area contributed by atoms with Gasteiger partial charge in [-0.2, -0.15) is 0 Å². The van der Waals surface area contributed by atoms with E-state index in [1.807, 2.05) is 74.6 Å². The molecule has 7 heteroatoms. The molecule has 3 aromatic rings. The van der Waals surface area contributed by atoms with Crippen LogP contribution in [-0.4, -0.2) is 20.8 Å². The zero-order valence-corrected chi connectivity index (χ0v) is 17.1. The first kappa shape index (κ1) is 20.4. The Balaban J connectivity index is 1.74. The number of hydrogen-bond acceptors (Lipinski definition) is 4. The van der Waals surface area contributed by atoms with Crippen LogP contribution in [0.25, 0.3) is 5.69 Å². The molecule has 0 bridgehead atoms. The second kappa shape index (κ2) is 8.36. The first-order chi connectivity index (χ1) is 13.8. The maximum absolute atomic E-state index is 13.0. The smallest absolute Gasteiger partial charge is 0.295 e. The van der Waals surface area contributed by atoms with Crippen LogP contribution in [-0.2, 0) is 23.3 Å². The van der Waals surface area contributed by atoms with Crippen molar-refractivity contribution in [3.63, 3.8) is 0 Å². The van der Waals surface area contributed by atoms with Gasteiger partial charge >= 0.3 is 0 Å². The fourth-order valence-electron chi connectivity index (χ4n) is 2.97. The SMILES string of the molecule is Cc1c(NC(C)(C)C(=O)NOCc2ccccc2)c(=O)n(-c2ccccc2)n1C. The lowest BCUT2D eigenvalue weighted by molar-refractivity contribution is -0.138. The van der Waals surface area contributed by atoms with Crippen molar-refractivity contribution in [3.05, 3.63) is 82.3 Å². The number of nitrogens with one attached hydrogen (secondary N) is 2. The molecule has 0 atom stereocenters. The Morgan fingerprint density at radius 2 is 1.62 bits per heavy atom. The van der Waals surface area contributed by atoms with Crippen LogP contribution < -0.4 is 16.4 Å². The molecule has 0 saturated carbocycles. The predicted octanol–water partition coefficient (Wildman–Crippen LogP) is 2.92. The number of anilines is 1. The first-order valence-corrected chi connectivity index (χ1v) is 9.39. The Morgan fingerprint density at radius 3 is 2.24 bits per heavy atom. The Bertz CT molecular complexity index is 1040. The standard InChI is InChI=1S/C22H26N4O3/c1-16-19(20(27)26(25(16)4)18-13-9-6-10-14-18)23-22(2,3)21(28)24-29-15-17-11-7-5-8-12-17/h5-14,23H,15H2,1-4H3,(H,24,28). The number of rotatable bonds is 7. The van der Waals surface area contributed by atoms with Gasteiger partial charge in [-0.05, 0) is 38.5 Å². The molecule has 0 unspecified atom stereocenters. The van der Waals surface area contributed by atoms with Gasteiger partial charge in [-0.15, -0.1) is 0 Å². The third-order valence-electron chi connectivity index (χ3n) is 4.81. The Kier molecular flexibility index (Phi) is 5.89. The monoisotopic (exact) mass is 394 g/mol. The van der Waals surface area contributed by atoms with Crippen LogP contribution in [0.1, 0.15) is 25.1 Å². The Hall–Kier alpha value is -3.32. The first-order valence-electron chi connectivity index (χ1n) is 9.39. The summed E-state index contributed by atoms with van der Waals surface area (Å²) in [7, 11) is 1.81. The number of amides is 1. The molecule has 0 saturated heterocycles. The average molecular weight is 394 g/mol. The third-order valence-corrected chi connectivity index (χ3v) is 4.81. The van der Waals surface area contributed by atoms with Crippen molar-refractivity contribution in [3.8, 4) is 5.69 Å². The molecule has 0 aliphatic heterocycles. The number of carbonyl (C=O) groups is 1. The molecule has 152 valence electrons. The molecular formula is C22H26N4O3. The number of hydroxylamine groups is 1. The maximum atomic E-state index is 13.0. The summed E-state index contributed by atoms with van der Waals surface area (Å²) in [6.07, 6.45) is 0. The molecular weight excluding hydrogens is 368 g/mol. The van der Waals surface area contributed by atoms with Crippen LogP contribution in [0, 0.1) is 6.92 Å². The summed E-state index contributed by atoms with van der Waals surface area (Å²) >= 11 is 0.